The van der Waals surface area contributed by atoms with E-state index in [0.717, 1.165) is 0 Å². The molecule has 0 aliphatic heterocycles. The van der Waals surface area contributed by atoms with Crippen molar-refractivity contribution in [2.45, 2.75) is 6.10 Å². The van der Waals surface area contributed by atoms with Crippen LogP contribution in [-0.4, -0.2) is 22.8 Å². The Kier molecular flexibility index (Phi) is 1.40. The molecule has 0 amide bonds. The van der Waals surface area contributed by atoms with Crippen LogP contribution < -0.4 is 0 Å². The van der Waals surface area contributed by atoms with Crippen LogP contribution in [0.3, 0.4) is 0 Å². The van der Waals surface area contributed by atoms with Gasteiger partial charge in [0.25, 0.3) is 0 Å². The van der Waals surface area contributed by atoms with Crippen LogP contribution in [-0.2, 0) is 9.59 Å². The number of hydrogen-bond acceptors (Lipinski definition) is 3. The molecule has 0 aromatic rings. The van der Waals surface area contributed by atoms with E-state index in [2.05, 4.69) is 0 Å². The number of hydrogen-bond donors (Lipinski definition) is 1. The first kappa shape index (κ1) is 8.12. The van der Waals surface area contributed by atoms with E-state index in [-0.39, 0.29) is 35.2 Å². The predicted molar refractivity (Wildman–Crippen MR) is 48.3 cm³/mol. The molecule has 0 spiro atoms. The van der Waals surface area contributed by atoms with E-state index in [1.807, 2.05) is 12.2 Å². The Bertz CT molecular complexity index is 346. The van der Waals surface area contributed by atoms with E-state index in [9.17, 15) is 14.7 Å². The molecule has 5 atom stereocenters. The Morgan fingerprint density at radius 1 is 0.929 bits per heavy atom. The van der Waals surface area contributed by atoms with Gasteiger partial charge in [0.05, 0.1) is 6.10 Å². The third kappa shape index (κ3) is 0.762. The fraction of sp³-hybridized carbons (Fsp3) is 0.455. The third-order valence-corrected chi connectivity index (χ3v) is 3.63. The summed E-state index contributed by atoms with van der Waals surface area (Å²) in [6, 6.07) is 0. The van der Waals surface area contributed by atoms with E-state index in [1.54, 1.807) is 0 Å². The maximum atomic E-state index is 11.6. The van der Waals surface area contributed by atoms with Gasteiger partial charge in [0.15, 0.2) is 11.6 Å². The monoisotopic (exact) mass is 190 g/mol. The number of aliphatic hydroxyl groups is 1. The fourth-order valence-corrected chi connectivity index (χ4v) is 3.00. The maximum absolute atomic E-state index is 11.6. The van der Waals surface area contributed by atoms with Crippen molar-refractivity contribution < 1.29 is 14.7 Å². The molecule has 1 unspecified atom stereocenters. The zero-order chi connectivity index (χ0) is 9.87. The summed E-state index contributed by atoms with van der Waals surface area (Å²) in [5.74, 6) is -0.871. The van der Waals surface area contributed by atoms with Crippen LogP contribution in [0, 0.1) is 23.7 Å². The standard InChI is InChI=1S/C11H10O3/c12-7-3-4-8(13)10-6-2-1-5(9(7)10)11(6)14/h1-6,9-11,14H/t5-,6+,9-,10+,11?. The quantitative estimate of drug-likeness (QED) is 0.551. The van der Waals surface area contributed by atoms with Crippen molar-refractivity contribution in [3.63, 3.8) is 0 Å². The molecular weight excluding hydrogens is 180 g/mol. The second-order valence-electron chi connectivity index (χ2n) is 4.22. The van der Waals surface area contributed by atoms with Crippen molar-refractivity contribution in [2.24, 2.45) is 23.7 Å². The summed E-state index contributed by atoms with van der Waals surface area (Å²) in [6.45, 7) is 0. The van der Waals surface area contributed by atoms with Gasteiger partial charge in [0, 0.05) is 23.7 Å². The minimum Gasteiger partial charge on any atom is -0.392 e. The lowest BCUT2D eigenvalue weighted by atomic mass is 9.75. The first-order chi connectivity index (χ1) is 6.70. The van der Waals surface area contributed by atoms with Crippen molar-refractivity contribution in [1.82, 2.24) is 0 Å². The number of carbonyl (C=O) groups is 2. The predicted octanol–water partition coefficient (Wildman–Crippen LogP) is 0.103. The largest absolute Gasteiger partial charge is 0.392 e. The second-order valence-corrected chi connectivity index (χ2v) is 4.22. The van der Waals surface area contributed by atoms with Gasteiger partial charge in [-0.1, -0.05) is 12.2 Å². The molecule has 2 bridgehead atoms. The van der Waals surface area contributed by atoms with Crippen LogP contribution in [0.4, 0.5) is 0 Å². The van der Waals surface area contributed by atoms with Crippen LogP contribution in [0.25, 0.3) is 0 Å². The molecule has 14 heavy (non-hydrogen) atoms. The average Bonchev–Trinajstić information content (AvgIpc) is 2.67. The second kappa shape index (κ2) is 2.42. The summed E-state index contributed by atoms with van der Waals surface area (Å²) in [6.07, 6.45) is 5.93. The van der Waals surface area contributed by atoms with Gasteiger partial charge in [-0.05, 0) is 12.2 Å². The SMILES string of the molecule is O=C1C=CC(=O)[C@H]2[C@@H]1[C@H]1C=C[C@@H]2C1O. The number of allylic oxidation sites excluding steroid dienone is 2. The molecule has 3 rings (SSSR count). The smallest absolute Gasteiger partial charge is 0.160 e. The molecule has 1 N–H and O–H groups in total. The number of ketones is 2. The van der Waals surface area contributed by atoms with Crippen molar-refractivity contribution in [2.75, 3.05) is 0 Å². The van der Waals surface area contributed by atoms with E-state index in [0.29, 0.717) is 0 Å². The van der Waals surface area contributed by atoms with Gasteiger partial charge >= 0.3 is 0 Å². The molecular formula is C11H10O3. The Balaban J connectivity index is 2.10. The lowest BCUT2D eigenvalue weighted by Gasteiger charge is -2.25. The molecule has 0 heterocycles. The number of carbonyl (C=O) groups excluding carboxylic acids is 2. The van der Waals surface area contributed by atoms with Crippen molar-refractivity contribution in [3.05, 3.63) is 24.3 Å². The molecule has 0 aromatic carbocycles. The first-order valence-corrected chi connectivity index (χ1v) is 4.82. The Morgan fingerprint density at radius 2 is 1.36 bits per heavy atom. The molecule has 3 heteroatoms. The minimum absolute atomic E-state index is 0.00880. The maximum Gasteiger partial charge on any atom is 0.160 e. The minimum atomic E-state index is -0.530. The van der Waals surface area contributed by atoms with Crippen LogP contribution in [0.5, 0.6) is 0 Å². The highest BCUT2D eigenvalue weighted by atomic mass is 16.3. The summed E-state index contributed by atoms with van der Waals surface area (Å²) in [4.78, 5) is 23.1. The number of rotatable bonds is 0. The topological polar surface area (TPSA) is 54.4 Å². The Labute approximate surface area is 81.1 Å². The van der Waals surface area contributed by atoms with E-state index in [1.165, 1.54) is 12.2 Å². The van der Waals surface area contributed by atoms with Gasteiger partial charge in [0.2, 0.25) is 0 Å². The molecule has 1 saturated carbocycles. The molecule has 3 aliphatic carbocycles. The molecule has 1 fully saturated rings. The van der Waals surface area contributed by atoms with Gasteiger partial charge in [-0.15, -0.1) is 0 Å². The summed E-state index contributed by atoms with van der Waals surface area (Å²) in [5.41, 5.74) is 0. The van der Waals surface area contributed by atoms with Gasteiger partial charge in [0.1, 0.15) is 0 Å². The molecule has 0 radical (unpaired) electrons. The van der Waals surface area contributed by atoms with E-state index >= 15 is 0 Å². The van der Waals surface area contributed by atoms with Gasteiger partial charge in [-0.2, -0.15) is 0 Å². The zero-order valence-corrected chi connectivity index (χ0v) is 7.46. The average molecular weight is 190 g/mol. The normalized spacial score (nSPS) is 48.8. The van der Waals surface area contributed by atoms with Crippen molar-refractivity contribution in [1.29, 1.82) is 0 Å². The summed E-state index contributed by atoms with van der Waals surface area (Å²) in [5, 5.41) is 9.80. The molecule has 0 aromatic heterocycles. The Morgan fingerprint density at radius 3 is 1.79 bits per heavy atom. The van der Waals surface area contributed by atoms with E-state index < -0.39 is 6.10 Å². The molecule has 72 valence electrons. The van der Waals surface area contributed by atoms with E-state index in [4.69, 9.17) is 0 Å². The van der Waals surface area contributed by atoms with Gasteiger partial charge < -0.3 is 5.11 Å². The van der Waals surface area contributed by atoms with Crippen LogP contribution in [0.1, 0.15) is 0 Å². The molecule has 3 nitrogen and oxygen atoms in total. The number of fused-ring (bicyclic) bond motifs is 5. The zero-order valence-electron chi connectivity index (χ0n) is 7.46. The van der Waals surface area contributed by atoms with Crippen molar-refractivity contribution in [3.8, 4) is 0 Å². The highest BCUT2D eigenvalue weighted by Crippen LogP contribution is 2.50. The first-order valence-electron chi connectivity index (χ1n) is 4.82. The highest BCUT2D eigenvalue weighted by molar-refractivity contribution is 6.08. The lowest BCUT2D eigenvalue weighted by molar-refractivity contribution is -0.129. The number of aliphatic hydroxyl groups excluding tert-OH is 1. The van der Waals surface area contributed by atoms with Crippen LogP contribution >= 0.6 is 0 Å². The van der Waals surface area contributed by atoms with Crippen molar-refractivity contribution >= 4 is 11.6 Å². The van der Waals surface area contributed by atoms with Gasteiger partial charge in [-0.3, -0.25) is 9.59 Å². The Hall–Kier alpha value is -1.22. The van der Waals surface area contributed by atoms with Crippen LogP contribution in [0.15, 0.2) is 24.3 Å². The summed E-state index contributed by atoms with van der Waals surface area (Å²) < 4.78 is 0. The highest BCUT2D eigenvalue weighted by Gasteiger charge is 2.56. The summed E-state index contributed by atoms with van der Waals surface area (Å²) in [7, 11) is 0. The third-order valence-electron chi connectivity index (χ3n) is 3.63. The fourth-order valence-electron chi connectivity index (χ4n) is 3.00. The lowest BCUT2D eigenvalue weighted by Crippen LogP contribution is -2.34. The van der Waals surface area contributed by atoms with Crippen LogP contribution in [0.2, 0.25) is 0 Å². The summed E-state index contributed by atoms with van der Waals surface area (Å²) >= 11 is 0. The molecule has 0 saturated heterocycles. The van der Waals surface area contributed by atoms with Gasteiger partial charge in [-0.25, -0.2) is 0 Å². The molecule has 3 aliphatic rings.